The van der Waals surface area contributed by atoms with E-state index in [1.54, 1.807) is 7.11 Å². The molecule has 2 aromatic rings. The molecule has 1 fully saturated rings. The molecular weight excluding hydrogens is 371 g/mol. The second-order valence-corrected chi connectivity index (χ2v) is 7.08. The molecule has 1 aliphatic rings. The number of methoxy groups -OCH3 is 1. The Balaban J connectivity index is 1.29. The number of para-hydroxylation sites is 1. The summed E-state index contributed by atoms with van der Waals surface area (Å²) in [5.41, 5.74) is 2.02. The second kappa shape index (κ2) is 10.7. The van der Waals surface area contributed by atoms with Crippen LogP contribution in [0.3, 0.4) is 0 Å². The Morgan fingerprint density at radius 1 is 1.03 bits per heavy atom. The summed E-state index contributed by atoms with van der Waals surface area (Å²) in [7, 11) is 1.62. The maximum atomic E-state index is 13.0. The summed E-state index contributed by atoms with van der Waals surface area (Å²) in [4.78, 5) is 16.7. The maximum Gasteiger partial charge on any atom is 0.315 e. The summed E-state index contributed by atoms with van der Waals surface area (Å²) < 4.78 is 18.3. The number of carbonyl (C=O) groups excluding carboxylic acids is 1. The molecule has 2 N–H and O–H groups in total. The molecule has 2 amide bonds. The van der Waals surface area contributed by atoms with Crippen molar-refractivity contribution >= 4 is 11.7 Å². The van der Waals surface area contributed by atoms with Crippen LogP contribution in [-0.2, 0) is 6.54 Å². The van der Waals surface area contributed by atoms with Crippen LogP contribution < -0.4 is 20.3 Å². The lowest BCUT2D eigenvalue weighted by atomic mass is 10.2. The van der Waals surface area contributed by atoms with E-state index in [9.17, 15) is 9.18 Å². The lowest BCUT2D eigenvalue weighted by Crippen LogP contribution is -2.47. The SMILES string of the molecule is COc1ccccc1CNC(=O)NCCCN1CCN(c2ccc(F)cc2)CC1. The Kier molecular flexibility index (Phi) is 7.69. The van der Waals surface area contributed by atoms with Gasteiger partial charge in [0.25, 0.3) is 0 Å². The van der Waals surface area contributed by atoms with Gasteiger partial charge in [0.05, 0.1) is 7.11 Å². The number of carbonyl (C=O) groups is 1. The third-order valence-electron chi connectivity index (χ3n) is 5.13. The summed E-state index contributed by atoms with van der Waals surface area (Å²) in [5.74, 6) is 0.569. The molecular formula is C22H29FN4O2. The third kappa shape index (κ3) is 6.35. The van der Waals surface area contributed by atoms with Crippen molar-refractivity contribution < 1.29 is 13.9 Å². The van der Waals surface area contributed by atoms with E-state index in [1.165, 1.54) is 12.1 Å². The lowest BCUT2D eigenvalue weighted by molar-refractivity contribution is 0.235. The molecule has 0 aliphatic carbocycles. The van der Waals surface area contributed by atoms with Crippen molar-refractivity contribution in [1.82, 2.24) is 15.5 Å². The van der Waals surface area contributed by atoms with Crippen LogP contribution in [0.1, 0.15) is 12.0 Å². The number of amides is 2. The Morgan fingerprint density at radius 2 is 1.76 bits per heavy atom. The van der Waals surface area contributed by atoms with E-state index in [1.807, 2.05) is 36.4 Å². The van der Waals surface area contributed by atoms with Crippen LogP contribution in [0.2, 0.25) is 0 Å². The van der Waals surface area contributed by atoms with Crippen LogP contribution in [0.5, 0.6) is 5.75 Å². The fourth-order valence-corrected chi connectivity index (χ4v) is 3.47. The third-order valence-corrected chi connectivity index (χ3v) is 5.13. The van der Waals surface area contributed by atoms with Gasteiger partial charge in [0.2, 0.25) is 0 Å². The average Bonchev–Trinajstić information content (AvgIpc) is 2.76. The van der Waals surface area contributed by atoms with E-state index < -0.39 is 0 Å². The summed E-state index contributed by atoms with van der Waals surface area (Å²) in [5, 5.41) is 5.77. The zero-order valence-electron chi connectivity index (χ0n) is 16.9. The van der Waals surface area contributed by atoms with Crippen molar-refractivity contribution in [3.8, 4) is 5.75 Å². The number of halogens is 1. The number of piperazine rings is 1. The summed E-state index contributed by atoms with van der Waals surface area (Å²) in [6.07, 6.45) is 0.901. The van der Waals surface area contributed by atoms with Gasteiger partial charge in [0, 0.05) is 50.5 Å². The Morgan fingerprint density at radius 3 is 2.48 bits per heavy atom. The molecule has 1 aliphatic heterocycles. The first-order chi connectivity index (χ1) is 14.2. The van der Waals surface area contributed by atoms with Gasteiger partial charge >= 0.3 is 6.03 Å². The molecule has 6 nitrogen and oxygen atoms in total. The van der Waals surface area contributed by atoms with Crippen molar-refractivity contribution in [2.24, 2.45) is 0 Å². The molecule has 0 unspecified atom stereocenters. The summed E-state index contributed by atoms with van der Waals surface area (Å²) in [6.45, 7) is 5.81. The molecule has 0 radical (unpaired) electrons. The number of benzene rings is 2. The first-order valence-electron chi connectivity index (χ1n) is 10.0. The summed E-state index contributed by atoms with van der Waals surface area (Å²) in [6, 6.07) is 14.2. The number of hydrogen-bond acceptors (Lipinski definition) is 4. The van der Waals surface area contributed by atoms with Gasteiger partial charge < -0.3 is 20.3 Å². The molecule has 0 bridgehead atoms. The Bertz CT molecular complexity index is 777. The largest absolute Gasteiger partial charge is 0.496 e. The minimum Gasteiger partial charge on any atom is -0.496 e. The van der Waals surface area contributed by atoms with E-state index in [0.717, 1.165) is 56.1 Å². The molecule has 7 heteroatoms. The fraction of sp³-hybridized carbons (Fsp3) is 0.409. The van der Waals surface area contributed by atoms with Crippen molar-refractivity contribution in [3.63, 3.8) is 0 Å². The van der Waals surface area contributed by atoms with Crippen LogP contribution in [0.4, 0.5) is 14.9 Å². The van der Waals surface area contributed by atoms with Crippen molar-refractivity contribution in [2.45, 2.75) is 13.0 Å². The van der Waals surface area contributed by atoms with E-state index in [0.29, 0.717) is 13.1 Å². The molecule has 29 heavy (non-hydrogen) atoms. The molecule has 3 rings (SSSR count). The molecule has 0 spiro atoms. The van der Waals surface area contributed by atoms with E-state index in [2.05, 4.69) is 20.4 Å². The highest BCUT2D eigenvalue weighted by atomic mass is 19.1. The van der Waals surface area contributed by atoms with Crippen LogP contribution in [0, 0.1) is 5.82 Å². The number of rotatable bonds is 8. The van der Waals surface area contributed by atoms with E-state index in [4.69, 9.17) is 4.74 Å². The predicted molar refractivity (Wildman–Crippen MR) is 113 cm³/mol. The van der Waals surface area contributed by atoms with Crippen molar-refractivity contribution in [2.75, 3.05) is 51.3 Å². The zero-order chi connectivity index (χ0) is 20.5. The number of urea groups is 1. The van der Waals surface area contributed by atoms with Crippen molar-refractivity contribution in [1.29, 1.82) is 0 Å². The normalized spacial score (nSPS) is 14.5. The minimum atomic E-state index is -0.202. The molecule has 1 heterocycles. The highest BCUT2D eigenvalue weighted by Crippen LogP contribution is 2.17. The molecule has 0 atom stereocenters. The highest BCUT2D eigenvalue weighted by molar-refractivity contribution is 5.73. The monoisotopic (exact) mass is 400 g/mol. The highest BCUT2D eigenvalue weighted by Gasteiger charge is 2.16. The molecule has 2 aromatic carbocycles. The van der Waals surface area contributed by atoms with Gasteiger partial charge in [-0.25, -0.2) is 9.18 Å². The summed E-state index contributed by atoms with van der Waals surface area (Å²) >= 11 is 0. The first kappa shape index (κ1) is 20.9. The minimum absolute atomic E-state index is 0.169. The number of nitrogens with zero attached hydrogens (tertiary/aromatic N) is 2. The molecule has 0 saturated carbocycles. The Labute approximate surface area is 171 Å². The quantitative estimate of drug-likeness (QED) is 0.669. The van der Waals surface area contributed by atoms with Gasteiger partial charge in [-0.3, -0.25) is 4.90 Å². The lowest BCUT2D eigenvalue weighted by Gasteiger charge is -2.36. The number of nitrogens with one attached hydrogen (secondary N) is 2. The zero-order valence-corrected chi connectivity index (χ0v) is 16.9. The predicted octanol–water partition coefficient (Wildman–Crippen LogP) is 2.85. The van der Waals surface area contributed by atoms with Gasteiger partial charge in [-0.2, -0.15) is 0 Å². The van der Waals surface area contributed by atoms with Gasteiger partial charge in [-0.15, -0.1) is 0 Å². The van der Waals surface area contributed by atoms with Gasteiger partial charge in [-0.1, -0.05) is 18.2 Å². The molecule has 0 aromatic heterocycles. The van der Waals surface area contributed by atoms with Crippen LogP contribution >= 0.6 is 0 Å². The smallest absolute Gasteiger partial charge is 0.315 e. The van der Waals surface area contributed by atoms with Gasteiger partial charge in [0.15, 0.2) is 0 Å². The standard InChI is InChI=1S/C22H29FN4O2/c1-29-21-6-3-2-5-18(21)17-25-22(28)24-11-4-12-26-13-15-27(16-14-26)20-9-7-19(23)8-10-20/h2-3,5-10H,4,11-17H2,1H3,(H2,24,25,28). The van der Waals surface area contributed by atoms with E-state index in [-0.39, 0.29) is 11.8 Å². The molecule has 156 valence electrons. The molecule has 1 saturated heterocycles. The maximum absolute atomic E-state index is 13.0. The second-order valence-electron chi connectivity index (χ2n) is 7.08. The Hall–Kier alpha value is -2.80. The first-order valence-corrected chi connectivity index (χ1v) is 10.0. The average molecular weight is 400 g/mol. The topological polar surface area (TPSA) is 56.8 Å². The van der Waals surface area contributed by atoms with Crippen LogP contribution in [-0.4, -0.2) is 57.3 Å². The fourth-order valence-electron chi connectivity index (χ4n) is 3.47. The number of ether oxygens (including phenoxy) is 1. The number of anilines is 1. The van der Waals surface area contributed by atoms with Crippen LogP contribution in [0.15, 0.2) is 48.5 Å². The number of hydrogen-bond donors (Lipinski definition) is 2. The van der Waals surface area contributed by atoms with Gasteiger partial charge in [-0.05, 0) is 43.3 Å². The van der Waals surface area contributed by atoms with Crippen LogP contribution in [0.25, 0.3) is 0 Å². The van der Waals surface area contributed by atoms with E-state index >= 15 is 0 Å². The van der Waals surface area contributed by atoms with Crippen molar-refractivity contribution in [3.05, 3.63) is 59.9 Å². The van der Waals surface area contributed by atoms with Gasteiger partial charge in [0.1, 0.15) is 11.6 Å².